The Kier molecular flexibility index (Phi) is 4.43. The largest absolute Gasteiger partial charge is 0.384 e. The molecule has 0 saturated heterocycles. The highest BCUT2D eigenvalue weighted by Crippen LogP contribution is 2.10. The van der Waals surface area contributed by atoms with Crippen LogP contribution in [0.25, 0.3) is 0 Å². The van der Waals surface area contributed by atoms with Crippen molar-refractivity contribution in [3.63, 3.8) is 0 Å². The van der Waals surface area contributed by atoms with Gasteiger partial charge in [0.05, 0.1) is 11.1 Å². The second kappa shape index (κ2) is 6.45. The Morgan fingerprint density at radius 1 is 1.40 bits per heavy atom. The van der Waals surface area contributed by atoms with Crippen molar-refractivity contribution >= 4 is 11.7 Å². The first kappa shape index (κ1) is 13.7. The number of anilines is 1. The van der Waals surface area contributed by atoms with Gasteiger partial charge >= 0.3 is 0 Å². The summed E-state index contributed by atoms with van der Waals surface area (Å²) in [6.07, 6.45) is 3.00. The van der Waals surface area contributed by atoms with E-state index in [0.717, 1.165) is 5.69 Å². The number of aromatic nitrogens is 2. The molecule has 2 heterocycles. The number of nitrogens with zero attached hydrogens (tertiary/aromatic N) is 2. The molecule has 0 unspecified atom stereocenters. The van der Waals surface area contributed by atoms with Gasteiger partial charge in [0, 0.05) is 18.1 Å². The van der Waals surface area contributed by atoms with Gasteiger partial charge in [0.2, 0.25) is 0 Å². The molecule has 2 rings (SSSR count). The van der Waals surface area contributed by atoms with Crippen molar-refractivity contribution in [1.29, 1.82) is 0 Å². The average molecular weight is 267 g/mol. The molecule has 100 valence electrons. The lowest BCUT2D eigenvalue weighted by atomic mass is 10.1. The standard InChI is InChI=1S/C15H13N3O2/c1-11-4-2-6-14(17-11)18-15(20)13-7-8-16-10-12(13)5-3-9-19/h2,4,6-8,10,19H,9H2,1H3,(H,17,18,20). The van der Waals surface area contributed by atoms with E-state index in [1.54, 1.807) is 12.1 Å². The number of rotatable bonds is 2. The predicted octanol–water partition coefficient (Wildman–Crippen LogP) is 1.38. The van der Waals surface area contributed by atoms with Crippen LogP contribution < -0.4 is 5.32 Å². The summed E-state index contributed by atoms with van der Waals surface area (Å²) in [6, 6.07) is 6.95. The summed E-state index contributed by atoms with van der Waals surface area (Å²) in [5, 5.41) is 11.4. The summed E-state index contributed by atoms with van der Waals surface area (Å²) in [5.41, 5.74) is 1.67. The van der Waals surface area contributed by atoms with Crippen LogP contribution in [0, 0.1) is 18.8 Å². The van der Waals surface area contributed by atoms with E-state index in [0.29, 0.717) is 16.9 Å². The average Bonchev–Trinajstić information content (AvgIpc) is 2.45. The van der Waals surface area contributed by atoms with Gasteiger partial charge in [-0.15, -0.1) is 0 Å². The Labute approximate surface area is 116 Å². The van der Waals surface area contributed by atoms with Gasteiger partial charge in [-0.3, -0.25) is 9.78 Å². The second-order valence-corrected chi connectivity index (χ2v) is 4.00. The highest BCUT2D eigenvalue weighted by Gasteiger charge is 2.10. The van der Waals surface area contributed by atoms with Gasteiger partial charge < -0.3 is 10.4 Å². The zero-order chi connectivity index (χ0) is 14.4. The maximum atomic E-state index is 12.2. The molecule has 2 aromatic rings. The molecule has 0 aliphatic heterocycles. The number of carbonyl (C=O) groups is 1. The van der Waals surface area contributed by atoms with E-state index in [-0.39, 0.29) is 12.5 Å². The Hall–Kier alpha value is -2.71. The molecule has 0 aliphatic carbocycles. The maximum absolute atomic E-state index is 12.2. The van der Waals surface area contributed by atoms with Crippen molar-refractivity contribution in [3.05, 3.63) is 53.5 Å². The normalized spacial score (nSPS) is 9.50. The van der Waals surface area contributed by atoms with Crippen LogP contribution in [0.1, 0.15) is 21.6 Å². The van der Waals surface area contributed by atoms with Gasteiger partial charge in [-0.1, -0.05) is 17.9 Å². The number of nitrogens with one attached hydrogen (secondary N) is 1. The van der Waals surface area contributed by atoms with Crippen molar-refractivity contribution in [2.45, 2.75) is 6.92 Å². The monoisotopic (exact) mass is 267 g/mol. The molecule has 20 heavy (non-hydrogen) atoms. The van der Waals surface area contributed by atoms with Crippen LogP contribution in [0.4, 0.5) is 5.82 Å². The minimum absolute atomic E-state index is 0.268. The first-order valence-electron chi connectivity index (χ1n) is 5.99. The summed E-state index contributed by atoms with van der Waals surface area (Å²) in [6.45, 7) is 1.58. The molecular weight excluding hydrogens is 254 g/mol. The molecule has 2 N–H and O–H groups in total. The molecule has 0 atom stereocenters. The predicted molar refractivity (Wildman–Crippen MR) is 75.1 cm³/mol. The number of hydrogen-bond donors (Lipinski definition) is 2. The number of pyridine rings is 2. The Bertz CT molecular complexity index is 687. The summed E-state index contributed by atoms with van der Waals surface area (Å²) >= 11 is 0. The SMILES string of the molecule is Cc1cccc(NC(=O)c2ccncc2C#CCO)n1. The number of aliphatic hydroxyl groups excluding tert-OH is 1. The number of hydrogen-bond acceptors (Lipinski definition) is 4. The number of carbonyl (C=O) groups excluding carboxylic acids is 1. The van der Waals surface area contributed by atoms with E-state index in [1.807, 2.05) is 19.1 Å². The first-order valence-corrected chi connectivity index (χ1v) is 5.99. The number of amides is 1. The van der Waals surface area contributed by atoms with Gasteiger partial charge in [0.15, 0.2) is 0 Å². The summed E-state index contributed by atoms with van der Waals surface area (Å²) in [7, 11) is 0. The molecule has 0 spiro atoms. The van der Waals surface area contributed by atoms with Crippen molar-refractivity contribution in [3.8, 4) is 11.8 Å². The maximum Gasteiger partial charge on any atom is 0.258 e. The third kappa shape index (κ3) is 3.40. The lowest BCUT2D eigenvalue weighted by Gasteiger charge is -2.06. The third-order valence-corrected chi connectivity index (χ3v) is 2.50. The fourth-order valence-corrected chi connectivity index (χ4v) is 1.62. The third-order valence-electron chi connectivity index (χ3n) is 2.50. The molecule has 0 bridgehead atoms. The van der Waals surface area contributed by atoms with Crippen LogP contribution in [0.2, 0.25) is 0 Å². The number of aliphatic hydroxyl groups is 1. The smallest absolute Gasteiger partial charge is 0.258 e. The fraction of sp³-hybridized carbons (Fsp3) is 0.133. The number of aryl methyl sites for hydroxylation is 1. The second-order valence-electron chi connectivity index (χ2n) is 4.00. The molecule has 0 saturated carbocycles. The quantitative estimate of drug-likeness (QED) is 0.806. The van der Waals surface area contributed by atoms with Crippen LogP contribution in [0.3, 0.4) is 0 Å². The van der Waals surface area contributed by atoms with Crippen LogP contribution in [-0.4, -0.2) is 27.6 Å². The zero-order valence-electron chi connectivity index (χ0n) is 10.9. The van der Waals surface area contributed by atoms with Gasteiger partial charge in [-0.05, 0) is 25.1 Å². The van der Waals surface area contributed by atoms with E-state index in [2.05, 4.69) is 27.1 Å². The fourth-order valence-electron chi connectivity index (χ4n) is 1.62. The molecule has 5 nitrogen and oxygen atoms in total. The van der Waals surface area contributed by atoms with Crippen molar-refractivity contribution in [1.82, 2.24) is 9.97 Å². The molecule has 0 fully saturated rings. The Balaban J connectivity index is 2.25. The Morgan fingerprint density at radius 2 is 2.25 bits per heavy atom. The van der Waals surface area contributed by atoms with Crippen LogP contribution >= 0.6 is 0 Å². The van der Waals surface area contributed by atoms with E-state index in [1.165, 1.54) is 12.4 Å². The molecule has 0 radical (unpaired) electrons. The minimum Gasteiger partial charge on any atom is -0.384 e. The van der Waals surface area contributed by atoms with Gasteiger partial charge in [-0.25, -0.2) is 4.98 Å². The molecule has 0 aliphatic rings. The van der Waals surface area contributed by atoms with Gasteiger partial charge in [-0.2, -0.15) is 0 Å². The summed E-state index contributed by atoms with van der Waals surface area (Å²) in [4.78, 5) is 20.3. The Morgan fingerprint density at radius 3 is 3.00 bits per heavy atom. The summed E-state index contributed by atoms with van der Waals surface area (Å²) in [5.74, 6) is 5.37. The van der Waals surface area contributed by atoms with Crippen LogP contribution in [0.5, 0.6) is 0 Å². The highest BCUT2D eigenvalue weighted by molar-refractivity contribution is 6.05. The molecular formula is C15H13N3O2. The van der Waals surface area contributed by atoms with Crippen LogP contribution in [0.15, 0.2) is 36.7 Å². The lowest BCUT2D eigenvalue weighted by molar-refractivity contribution is 0.102. The van der Waals surface area contributed by atoms with Crippen molar-refractivity contribution in [2.75, 3.05) is 11.9 Å². The van der Waals surface area contributed by atoms with Crippen LogP contribution in [-0.2, 0) is 0 Å². The summed E-state index contributed by atoms with van der Waals surface area (Å²) < 4.78 is 0. The first-order chi connectivity index (χ1) is 9.70. The molecule has 1 amide bonds. The van der Waals surface area contributed by atoms with E-state index >= 15 is 0 Å². The topological polar surface area (TPSA) is 75.1 Å². The minimum atomic E-state index is -0.312. The highest BCUT2D eigenvalue weighted by atomic mass is 16.2. The van der Waals surface area contributed by atoms with Crippen molar-refractivity contribution in [2.24, 2.45) is 0 Å². The van der Waals surface area contributed by atoms with Crippen molar-refractivity contribution < 1.29 is 9.90 Å². The molecule has 0 aromatic carbocycles. The zero-order valence-corrected chi connectivity index (χ0v) is 10.9. The van der Waals surface area contributed by atoms with E-state index < -0.39 is 0 Å². The van der Waals surface area contributed by atoms with Gasteiger partial charge in [0.25, 0.3) is 5.91 Å². The van der Waals surface area contributed by atoms with E-state index in [4.69, 9.17) is 5.11 Å². The van der Waals surface area contributed by atoms with Gasteiger partial charge in [0.1, 0.15) is 12.4 Å². The molecule has 2 aromatic heterocycles. The molecule has 5 heteroatoms. The van der Waals surface area contributed by atoms with E-state index in [9.17, 15) is 4.79 Å². The lowest BCUT2D eigenvalue weighted by Crippen LogP contribution is -2.14.